The van der Waals surface area contributed by atoms with Gasteiger partial charge in [0.1, 0.15) is 5.75 Å². The highest BCUT2D eigenvalue weighted by Crippen LogP contribution is 2.39. The summed E-state index contributed by atoms with van der Waals surface area (Å²) in [6.45, 7) is 4.16. The van der Waals surface area contributed by atoms with E-state index < -0.39 is 0 Å². The van der Waals surface area contributed by atoms with Gasteiger partial charge < -0.3 is 4.74 Å². The van der Waals surface area contributed by atoms with Crippen molar-refractivity contribution in [3.8, 4) is 16.9 Å². The minimum atomic E-state index is 0.254. The lowest BCUT2D eigenvalue weighted by Gasteiger charge is -2.16. The zero-order valence-corrected chi connectivity index (χ0v) is 12.1. The van der Waals surface area contributed by atoms with Crippen LogP contribution in [0.25, 0.3) is 11.1 Å². The van der Waals surface area contributed by atoms with Crippen LogP contribution in [0.4, 0.5) is 0 Å². The van der Waals surface area contributed by atoms with E-state index in [2.05, 4.69) is 32.0 Å². The molecule has 2 nitrogen and oxygen atoms in total. The Morgan fingerprint density at radius 2 is 1.70 bits per heavy atom. The Morgan fingerprint density at radius 3 is 2.45 bits per heavy atom. The summed E-state index contributed by atoms with van der Waals surface area (Å²) in [5.74, 6) is 1.17. The molecule has 0 saturated carbocycles. The summed E-state index contributed by atoms with van der Waals surface area (Å²) >= 11 is 0. The molecule has 1 aliphatic rings. The highest BCUT2D eigenvalue weighted by molar-refractivity contribution is 6.02. The Labute approximate surface area is 119 Å². The summed E-state index contributed by atoms with van der Waals surface area (Å²) in [6, 6.07) is 10.2. The molecule has 0 aromatic heterocycles. The first-order valence-corrected chi connectivity index (χ1v) is 6.93. The lowest BCUT2D eigenvalue weighted by Crippen LogP contribution is -1.97. The number of methoxy groups -OCH3 is 1. The molecule has 2 aromatic carbocycles. The third-order valence-electron chi connectivity index (χ3n) is 4.25. The molecule has 0 heterocycles. The van der Waals surface area contributed by atoms with Crippen molar-refractivity contribution in [2.24, 2.45) is 0 Å². The summed E-state index contributed by atoms with van der Waals surface area (Å²) in [4.78, 5) is 11.9. The van der Waals surface area contributed by atoms with Crippen LogP contribution in [0.1, 0.15) is 33.5 Å². The van der Waals surface area contributed by atoms with Crippen LogP contribution in [0.15, 0.2) is 30.3 Å². The monoisotopic (exact) mass is 266 g/mol. The van der Waals surface area contributed by atoms with Gasteiger partial charge in [-0.1, -0.05) is 30.3 Å². The molecule has 20 heavy (non-hydrogen) atoms. The van der Waals surface area contributed by atoms with E-state index in [1.54, 1.807) is 7.11 Å². The van der Waals surface area contributed by atoms with E-state index in [9.17, 15) is 4.79 Å². The smallest absolute Gasteiger partial charge is 0.163 e. The molecule has 0 unspecified atom stereocenters. The summed E-state index contributed by atoms with van der Waals surface area (Å²) < 4.78 is 5.61. The minimum Gasteiger partial charge on any atom is -0.496 e. The van der Waals surface area contributed by atoms with E-state index >= 15 is 0 Å². The van der Waals surface area contributed by atoms with Crippen LogP contribution >= 0.6 is 0 Å². The molecule has 2 aromatic rings. The Bertz CT molecular complexity index is 699. The predicted octanol–water partition coefficient (Wildman–Crippen LogP) is 4.11. The summed E-state index contributed by atoms with van der Waals surface area (Å²) in [5, 5.41) is 0. The van der Waals surface area contributed by atoms with Gasteiger partial charge in [0, 0.05) is 17.5 Å². The van der Waals surface area contributed by atoms with Gasteiger partial charge in [0.25, 0.3) is 0 Å². The van der Waals surface area contributed by atoms with Gasteiger partial charge >= 0.3 is 0 Å². The van der Waals surface area contributed by atoms with Crippen molar-refractivity contribution in [1.29, 1.82) is 0 Å². The zero-order valence-electron chi connectivity index (χ0n) is 12.1. The maximum absolute atomic E-state index is 11.9. The third-order valence-corrected chi connectivity index (χ3v) is 4.25. The summed E-state index contributed by atoms with van der Waals surface area (Å²) in [6.07, 6.45) is 1.46. The lowest BCUT2D eigenvalue weighted by atomic mass is 9.93. The van der Waals surface area contributed by atoms with Gasteiger partial charge in [0.05, 0.1) is 7.11 Å². The van der Waals surface area contributed by atoms with E-state index in [1.807, 2.05) is 12.1 Å². The van der Waals surface area contributed by atoms with Crippen molar-refractivity contribution < 1.29 is 9.53 Å². The maximum Gasteiger partial charge on any atom is 0.163 e. The molecule has 3 rings (SSSR count). The number of Topliss-reactive ketones (excluding diaryl/α,β-unsaturated/α-hetero) is 1. The molecule has 0 bridgehead atoms. The molecule has 0 amide bonds. The average Bonchev–Trinajstić information content (AvgIpc) is 2.84. The highest BCUT2D eigenvalue weighted by Gasteiger charge is 2.23. The topological polar surface area (TPSA) is 26.3 Å². The summed E-state index contributed by atoms with van der Waals surface area (Å²) in [5.41, 5.74) is 6.64. The van der Waals surface area contributed by atoms with Gasteiger partial charge in [-0.2, -0.15) is 0 Å². The second-order valence-electron chi connectivity index (χ2n) is 5.34. The number of carbonyl (C=O) groups excluding carboxylic acids is 1. The van der Waals surface area contributed by atoms with Gasteiger partial charge in [-0.3, -0.25) is 4.79 Å². The van der Waals surface area contributed by atoms with Crippen LogP contribution < -0.4 is 4.74 Å². The second-order valence-corrected chi connectivity index (χ2v) is 5.34. The molecule has 1 aliphatic carbocycles. The Hall–Kier alpha value is -2.09. The third kappa shape index (κ3) is 1.83. The Morgan fingerprint density at radius 1 is 0.950 bits per heavy atom. The minimum absolute atomic E-state index is 0.254. The van der Waals surface area contributed by atoms with Gasteiger partial charge in [-0.05, 0) is 42.5 Å². The SMILES string of the molecule is COc1c(-c2cccc3c2CCC3=O)ccc(C)c1C. The first kappa shape index (κ1) is 12.9. The molecule has 2 heteroatoms. The largest absolute Gasteiger partial charge is 0.496 e. The Balaban J connectivity index is 2.26. The van der Waals surface area contributed by atoms with E-state index in [-0.39, 0.29) is 5.78 Å². The zero-order chi connectivity index (χ0) is 14.3. The molecule has 0 spiro atoms. The number of carbonyl (C=O) groups is 1. The highest BCUT2D eigenvalue weighted by atomic mass is 16.5. The number of ether oxygens (including phenoxy) is 1. The lowest BCUT2D eigenvalue weighted by molar-refractivity contribution is 0.0994. The van der Waals surface area contributed by atoms with Crippen LogP contribution in [0.3, 0.4) is 0 Å². The van der Waals surface area contributed by atoms with Gasteiger partial charge in [0.2, 0.25) is 0 Å². The van der Waals surface area contributed by atoms with Crippen molar-refractivity contribution >= 4 is 5.78 Å². The van der Waals surface area contributed by atoms with E-state index in [4.69, 9.17) is 4.74 Å². The second kappa shape index (κ2) is 4.78. The first-order chi connectivity index (χ1) is 9.63. The quantitative estimate of drug-likeness (QED) is 0.817. The predicted molar refractivity (Wildman–Crippen MR) is 80.6 cm³/mol. The van der Waals surface area contributed by atoms with Crippen LogP contribution in [-0.4, -0.2) is 12.9 Å². The molecule has 0 radical (unpaired) electrons. The number of hydrogen-bond donors (Lipinski definition) is 0. The molecule has 102 valence electrons. The van der Waals surface area contributed by atoms with Crippen LogP contribution in [0.5, 0.6) is 5.75 Å². The number of ketones is 1. The van der Waals surface area contributed by atoms with Gasteiger partial charge in [0.15, 0.2) is 5.78 Å². The van der Waals surface area contributed by atoms with Gasteiger partial charge in [-0.15, -0.1) is 0 Å². The number of aryl methyl sites for hydroxylation is 1. The molecule has 0 N–H and O–H groups in total. The number of benzene rings is 2. The molecular weight excluding hydrogens is 248 g/mol. The first-order valence-electron chi connectivity index (χ1n) is 6.93. The number of rotatable bonds is 2. The van der Waals surface area contributed by atoms with Crippen molar-refractivity contribution in [3.05, 3.63) is 52.6 Å². The summed E-state index contributed by atoms with van der Waals surface area (Å²) in [7, 11) is 1.71. The van der Waals surface area contributed by atoms with Gasteiger partial charge in [-0.25, -0.2) is 0 Å². The van der Waals surface area contributed by atoms with Crippen molar-refractivity contribution in [3.63, 3.8) is 0 Å². The average molecular weight is 266 g/mol. The van der Waals surface area contributed by atoms with Crippen molar-refractivity contribution in [1.82, 2.24) is 0 Å². The van der Waals surface area contributed by atoms with Crippen molar-refractivity contribution in [2.45, 2.75) is 26.7 Å². The van der Waals surface area contributed by atoms with Crippen LogP contribution in [0.2, 0.25) is 0 Å². The molecule has 0 aliphatic heterocycles. The molecular formula is C18H18O2. The normalized spacial score (nSPS) is 13.4. The molecule has 0 fully saturated rings. The Kier molecular flexibility index (Phi) is 3.09. The number of hydrogen-bond acceptors (Lipinski definition) is 2. The van der Waals surface area contributed by atoms with Crippen molar-refractivity contribution in [2.75, 3.05) is 7.11 Å². The fourth-order valence-corrected chi connectivity index (χ4v) is 3.01. The fraction of sp³-hybridized carbons (Fsp3) is 0.278. The molecule has 0 atom stereocenters. The van der Waals surface area contributed by atoms with Crippen LogP contribution in [-0.2, 0) is 6.42 Å². The molecule has 0 saturated heterocycles. The fourth-order valence-electron chi connectivity index (χ4n) is 3.01. The van der Waals surface area contributed by atoms with E-state index in [0.717, 1.165) is 34.4 Å². The maximum atomic E-state index is 11.9. The van der Waals surface area contributed by atoms with E-state index in [0.29, 0.717) is 6.42 Å². The van der Waals surface area contributed by atoms with E-state index in [1.165, 1.54) is 11.1 Å². The van der Waals surface area contributed by atoms with Crippen LogP contribution in [0, 0.1) is 13.8 Å². The standard InChI is InChI=1S/C18H18O2/c1-11-7-8-16(18(20-3)12(11)2)13-5-4-6-15-14(13)9-10-17(15)19/h4-8H,9-10H2,1-3H3. The number of fused-ring (bicyclic) bond motifs is 1.